The Morgan fingerprint density at radius 1 is 1.22 bits per heavy atom. The van der Waals surface area contributed by atoms with Crippen LogP contribution in [-0.4, -0.2) is 10.8 Å². The molecule has 98 valence electrons. The van der Waals surface area contributed by atoms with Crippen molar-refractivity contribution in [3.63, 3.8) is 0 Å². The van der Waals surface area contributed by atoms with Crippen molar-refractivity contribution < 1.29 is 4.79 Å². The molecule has 0 amide bonds. The summed E-state index contributed by atoms with van der Waals surface area (Å²) >= 11 is 1.61. The Labute approximate surface area is 113 Å². The Kier molecular flexibility index (Phi) is 3.78. The van der Waals surface area contributed by atoms with E-state index in [1.54, 1.807) is 17.5 Å². The summed E-state index contributed by atoms with van der Waals surface area (Å²) in [6, 6.07) is 0. The Balaban J connectivity index is 1.58. The van der Waals surface area contributed by atoms with Gasteiger partial charge >= 0.3 is 0 Å². The van der Waals surface area contributed by atoms with Crippen LogP contribution in [0.2, 0.25) is 0 Å². The number of thiazole rings is 1. The van der Waals surface area contributed by atoms with E-state index < -0.39 is 0 Å². The summed E-state index contributed by atoms with van der Waals surface area (Å²) in [6.07, 6.45) is 11.5. The zero-order chi connectivity index (χ0) is 12.4. The summed E-state index contributed by atoms with van der Waals surface area (Å²) in [5.41, 5.74) is 0. The predicted octanol–water partition coefficient (Wildman–Crippen LogP) is 3.86. The fourth-order valence-electron chi connectivity index (χ4n) is 3.80. The van der Waals surface area contributed by atoms with Crippen LogP contribution in [0.3, 0.4) is 0 Å². The minimum absolute atomic E-state index is 0.327. The highest BCUT2D eigenvalue weighted by Gasteiger charge is 2.34. The molecule has 2 saturated carbocycles. The number of Topliss-reactive ketones (excluding diaryl/α,β-unsaturated/α-hetero) is 1. The average Bonchev–Trinajstić information content (AvgIpc) is 2.91. The molecule has 0 spiro atoms. The SMILES string of the molecule is O=C(Cc1nccs1)C1CCC2CCCCC2C1. The number of hydrogen-bond donors (Lipinski definition) is 0. The summed E-state index contributed by atoms with van der Waals surface area (Å²) in [6.45, 7) is 0. The van der Waals surface area contributed by atoms with Crippen molar-refractivity contribution in [2.45, 2.75) is 51.4 Å². The predicted molar refractivity (Wildman–Crippen MR) is 73.6 cm³/mol. The highest BCUT2D eigenvalue weighted by molar-refractivity contribution is 7.09. The van der Waals surface area contributed by atoms with Crippen molar-refractivity contribution in [1.29, 1.82) is 0 Å². The van der Waals surface area contributed by atoms with Crippen molar-refractivity contribution in [3.8, 4) is 0 Å². The number of aromatic nitrogens is 1. The Hall–Kier alpha value is -0.700. The van der Waals surface area contributed by atoms with Crippen LogP contribution in [0.1, 0.15) is 50.0 Å². The van der Waals surface area contributed by atoms with Gasteiger partial charge in [0.2, 0.25) is 0 Å². The maximum Gasteiger partial charge on any atom is 0.142 e. The molecule has 3 rings (SSSR count). The van der Waals surface area contributed by atoms with E-state index in [9.17, 15) is 4.79 Å². The summed E-state index contributed by atoms with van der Waals surface area (Å²) in [5, 5.41) is 2.95. The molecule has 0 N–H and O–H groups in total. The van der Waals surface area contributed by atoms with Gasteiger partial charge in [0, 0.05) is 17.5 Å². The zero-order valence-electron chi connectivity index (χ0n) is 10.8. The molecule has 2 fully saturated rings. The lowest BCUT2D eigenvalue weighted by molar-refractivity contribution is -0.124. The first-order chi connectivity index (χ1) is 8.83. The number of rotatable bonds is 3. The second-order valence-corrected chi connectivity index (χ2v) is 6.86. The van der Waals surface area contributed by atoms with Crippen LogP contribution in [0, 0.1) is 17.8 Å². The first-order valence-corrected chi connectivity index (χ1v) is 8.12. The first kappa shape index (κ1) is 12.3. The number of fused-ring (bicyclic) bond motifs is 1. The number of carbonyl (C=O) groups excluding carboxylic acids is 1. The van der Waals surface area contributed by atoms with Crippen LogP contribution < -0.4 is 0 Å². The second-order valence-electron chi connectivity index (χ2n) is 5.88. The van der Waals surface area contributed by atoms with Crippen molar-refractivity contribution >= 4 is 17.1 Å². The lowest BCUT2D eigenvalue weighted by Crippen LogP contribution is -2.31. The zero-order valence-corrected chi connectivity index (χ0v) is 11.6. The number of carbonyl (C=O) groups is 1. The Morgan fingerprint density at radius 3 is 2.83 bits per heavy atom. The van der Waals surface area contributed by atoms with Gasteiger partial charge in [0.15, 0.2) is 0 Å². The van der Waals surface area contributed by atoms with Crippen LogP contribution in [0.25, 0.3) is 0 Å². The topological polar surface area (TPSA) is 30.0 Å². The summed E-state index contributed by atoms with van der Waals surface area (Å²) in [4.78, 5) is 16.5. The minimum Gasteiger partial charge on any atom is -0.299 e. The molecule has 3 heteroatoms. The van der Waals surface area contributed by atoms with Gasteiger partial charge in [0.05, 0.1) is 11.4 Å². The lowest BCUT2D eigenvalue weighted by atomic mass is 9.66. The maximum absolute atomic E-state index is 12.3. The van der Waals surface area contributed by atoms with Crippen molar-refractivity contribution in [3.05, 3.63) is 16.6 Å². The molecule has 1 aromatic heterocycles. The van der Waals surface area contributed by atoms with E-state index >= 15 is 0 Å². The van der Waals surface area contributed by atoms with E-state index in [1.807, 2.05) is 5.38 Å². The fraction of sp³-hybridized carbons (Fsp3) is 0.733. The third-order valence-electron chi connectivity index (χ3n) is 4.80. The molecule has 3 unspecified atom stereocenters. The molecule has 3 atom stereocenters. The molecule has 0 aliphatic heterocycles. The van der Waals surface area contributed by atoms with Gasteiger partial charge in [-0.15, -0.1) is 11.3 Å². The Bertz CT molecular complexity index is 401. The van der Waals surface area contributed by atoms with Crippen LogP contribution in [0.15, 0.2) is 11.6 Å². The second kappa shape index (κ2) is 5.52. The molecular weight excluding hydrogens is 242 g/mol. The first-order valence-electron chi connectivity index (χ1n) is 7.24. The van der Waals surface area contributed by atoms with Crippen molar-refractivity contribution in [2.24, 2.45) is 17.8 Å². The maximum atomic E-state index is 12.3. The van der Waals surface area contributed by atoms with E-state index in [-0.39, 0.29) is 0 Å². The van der Waals surface area contributed by atoms with E-state index in [1.165, 1.54) is 32.1 Å². The molecule has 1 heterocycles. The van der Waals surface area contributed by atoms with Crippen LogP contribution in [0.5, 0.6) is 0 Å². The fourth-order valence-corrected chi connectivity index (χ4v) is 4.43. The molecule has 0 radical (unpaired) electrons. The van der Waals surface area contributed by atoms with Crippen LogP contribution in [0.4, 0.5) is 0 Å². The van der Waals surface area contributed by atoms with E-state index in [0.717, 1.165) is 29.7 Å². The van der Waals surface area contributed by atoms with Gasteiger partial charge in [0.1, 0.15) is 5.78 Å². The van der Waals surface area contributed by atoms with Gasteiger partial charge < -0.3 is 0 Å². The number of ketones is 1. The molecule has 0 saturated heterocycles. The molecule has 18 heavy (non-hydrogen) atoms. The standard InChI is InChI=1S/C15H21NOS/c17-14(10-15-16-7-8-18-15)13-6-5-11-3-1-2-4-12(11)9-13/h7-8,11-13H,1-6,9-10H2. The van der Waals surface area contributed by atoms with Gasteiger partial charge in [-0.25, -0.2) is 4.98 Å². The molecule has 0 bridgehead atoms. The highest BCUT2D eigenvalue weighted by atomic mass is 32.1. The molecule has 2 aliphatic carbocycles. The summed E-state index contributed by atoms with van der Waals surface area (Å²) < 4.78 is 0. The quantitative estimate of drug-likeness (QED) is 0.829. The van der Waals surface area contributed by atoms with Crippen molar-refractivity contribution in [2.75, 3.05) is 0 Å². The lowest BCUT2D eigenvalue weighted by Gasteiger charge is -2.38. The van der Waals surface area contributed by atoms with Gasteiger partial charge in [-0.1, -0.05) is 25.7 Å². The van der Waals surface area contributed by atoms with E-state index in [2.05, 4.69) is 4.98 Å². The molecule has 0 aromatic carbocycles. The monoisotopic (exact) mass is 263 g/mol. The van der Waals surface area contributed by atoms with Gasteiger partial charge in [-0.2, -0.15) is 0 Å². The normalized spacial score (nSPS) is 31.9. The number of hydrogen-bond acceptors (Lipinski definition) is 3. The molecule has 1 aromatic rings. The largest absolute Gasteiger partial charge is 0.299 e. The Morgan fingerprint density at radius 2 is 2.06 bits per heavy atom. The third-order valence-corrected chi connectivity index (χ3v) is 5.58. The molecule has 2 aliphatic rings. The van der Waals surface area contributed by atoms with Crippen molar-refractivity contribution in [1.82, 2.24) is 4.98 Å². The number of nitrogens with zero attached hydrogens (tertiary/aromatic N) is 1. The van der Waals surface area contributed by atoms with Crippen LogP contribution >= 0.6 is 11.3 Å². The van der Waals surface area contributed by atoms with Gasteiger partial charge in [-0.05, 0) is 31.1 Å². The summed E-state index contributed by atoms with van der Waals surface area (Å²) in [5.74, 6) is 2.54. The van der Waals surface area contributed by atoms with Crippen LogP contribution in [-0.2, 0) is 11.2 Å². The van der Waals surface area contributed by atoms with Gasteiger partial charge in [0.25, 0.3) is 0 Å². The average molecular weight is 263 g/mol. The highest BCUT2D eigenvalue weighted by Crippen LogP contribution is 2.43. The molecule has 2 nitrogen and oxygen atoms in total. The molecular formula is C15H21NOS. The van der Waals surface area contributed by atoms with Gasteiger partial charge in [-0.3, -0.25) is 4.79 Å². The smallest absolute Gasteiger partial charge is 0.142 e. The summed E-state index contributed by atoms with van der Waals surface area (Å²) in [7, 11) is 0. The van der Waals surface area contributed by atoms with E-state index in [0.29, 0.717) is 18.1 Å². The van der Waals surface area contributed by atoms with E-state index in [4.69, 9.17) is 0 Å². The third kappa shape index (κ3) is 2.66. The minimum atomic E-state index is 0.327.